The third kappa shape index (κ3) is 3.94. The third-order valence-corrected chi connectivity index (χ3v) is 4.56. The van der Waals surface area contributed by atoms with E-state index in [0.717, 1.165) is 19.4 Å². The standard InChI is InChI=1S/C9H19NO3S/c1-10(5-6-11)4-2-9-3-7-14(12,13)8-9/h9,11H,2-8H2,1H3. The lowest BCUT2D eigenvalue weighted by Crippen LogP contribution is -2.25. The monoisotopic (exact) mass is 221 g/mol. The van der Waals surface area contributed by atoms with Gasteiger partial charge >= 0.3 is 0 Å². The quantitative estimate of drug-likeness (QED) is 0.694. The number of nitrogens with zero attached hydrogens (tertiary/aromatic N) is 1. The average molecular weight is 221 g/mol. The molecule has 4 nitrogen and oxygen atoms in total. The van der Waals surface area contributed by atoms with Crippen LogP contribution in [0.2, 0.25) is 0 Å². The molecule has 5 heteroatoms. The highest BCUT2D eigenvalue weighted by atomic mass is 32.2. The van der Waals surface area contributed by atoms with Crippen LogP contribution in [0.25, 0.3) is 0 Å². The maximum absolute atomic E-state index is 11.2. The van der Waals surface area contributed by atoms with Gasteiger partial charge in [-0.3, -0.25) is 0 Å². The SMILES string of the molecule is CN(CCO)CCC1CCS(=O)(=O)C1. The molecule has 84 valence electrons. The van der Waals surface area contributed by atoms with Crippen molar-refractivity contribution in [2.45, 2.75) is 12.8 Å². The van der Waals surface area contributed by atoms with Gasteiger partial charge in [0.05, 0.1) is 18.1 Å². The number of rotatable bonds is 5. The number of aliphatic hydroxyl groups excluding tert-OH is 1. The van der Waals surface area contributed by atoms with E-state index in [0.29, 0.717) is 24.0 Å². The summed E-state index contributed by atoms with van der Waals surface area (Å²) in [5.41, 5.74) is 0. The fourth-order valence-corrected chi connectivity index (χ4v) is 3.70. The zero-order valence-electron chi connectivity index (χ0n) is 8.65. The molecule has 0 bridgehead atoms. The minimum atomic E-state index is -2.72. The van der Waals surface area contributed by atoms with Crippen LogP contribution in [-0.4, -0.2) is 56.7 Å². The fourth-order valence-electron chi connectivity index (χ4n) is 1.79. The maximum Gasteiger partial charge on any atom is 0.150 e. The van der Waals surface area contributed by atoms with Gasteiger partial charge in [0.1, 0.15) is 0 Å². The van der Waals surface area contributed by atoms with E-state index in [4.69, 9.17) is 5.11 Å². The van der Waals surface area contributed by atoms with Crippen molar-refractivity contribution in [1.82, 2.24) is 4.90 Å². The Hall–Kier alpha value is -0.130. The molecule has 0 aromatic rings. The number of hydrogen-bond acceptors (Lipinski definition) is 4. The zero-order valence-corrected chi connectivity index (χ0v) is 9.46. The van der Waals surface area contributed by atoms with Crippen LogP contribution in [0.15, 0.2) is 0 Å². The minimum Gasteiger partial charge on any atom is -0.395 e. The Balaban J connectivity index is 2.20. The van der Waals surface area contributed by atoms with Crippen molar-refractivity contribution >= 4 is 9.84 Å². The van der Waals surface area contributed by atoms with Crippen LogP contribution < -0.4 is 0 Å². The molecule has 0 aromatic carbocycles. The molecular formula is C9H19NO3S. The van der Waals surface area contributed by atoms with Gasteiger partial charge in [-0.1, -0.05) is 0 Å². The largest absolute Gasteiger partial charge is 0.395 e. The van der Waals surface area contributed by atoms with Gasteiger partial charge in [-0.25, -0.2) is 8.42 Å². The summed E-state index contributed by atoms with van der Waals surface area (Å²) in [6.45, 7) is 1.71. The molecule has 1 saturated heterocycles. The molecule has 1 rings (SSSR count). The normalized spacial score (nSPS) is 25.8. The van der Waals surface area contributed by atoms with Gasteiger partial charge in [-0.15, -0.1) is 0 Å². The predicted octanol–water partition coefficient (Wildman–Crippen LogP) is -0.265. The van der Waals surface area contributed by atoms with Crippen LogP contribution in [0.1, 0.15) is 12.8 Å². The van der Waals surface area contributed by atoms with Crippen molar-refractivity contribution in [3.05, 3.63) is 0 Å². The zero-order chi connectivity index (χ0) is 10.6. The van der Waals surface area contributed by atoms with Crippen LogP contribution in [0.5, 0.6) is 0 Å². The van der Waals surface area contributed by atoms with E-state index in [2.05, 4.69) is 0 Å². The molecule has 1 aliphatic rings. The van der Waals surface area contributed by atoms with Gasteiger partial charge in [0, 0.05) is 6.54 Å². The summed E-state index contributed by atoms with van der Waals surface area (Å²) in [4.78, 5) is 2.03. The molecule has 0 spiro atoms. The number of aliphatic hydroxyl groups is 1. The van der Waals surface area contributed by atoms with Crippen LogP contribution >= 0.6 is 0 Å². The Bertz CT molecular complexity index is 263. The van der Waals surface area contributed by atoms with Crippen LogP contribution in [-0.2, 0) is 9.84 Å². The third-order valence-electron chi connectivity index (χ3n) is 2.73. The van der Waals surface area contributed by atoms with Crippen molar-refractivity contribution in [3.63, 3.8) is 0 Å². The molecular weight excluding hydrogens is 202 g/mol. The number of sulfone groups is 1. The Morgan fingerprint density at radius 1 is 1.43 bits per heavy atom. The number of likely N-dealkylation sites (N-methyl/N-ethyl adjacent to an activating group) is 1. The molecule has 0 aromatic heterocycles. The summed E-state index contributed by atoms with van der Waals surface area (Å²) in [5.74, 6) is 1.06. The molecule has 1 N–H and O–H groups in total. The van der Waals surface area contributed by atoms with E-state index >= 15 is 0 Å². The van der Waals surface area contributed by atoms with Crippen molar-refractivity contribution in [2.24, 2.45) is 5.92 Å². The second-order valence-electron chi connectivity index (χ2n) is 4.08. The lowest BCUT2D eigenvalue weighted by atomic mass is 10.1. The molecule has 0 saturated carbocycles. The van der Waals surface area contributed by atoms with E-state index in [1.54, 1.807) is 0 Å². The highest BCUT2D eigenvalue weighted by molar-refractivity contribution is 7.91. The molecule has 1 fully saturated rings. The Morgan fingerprint density at radius 2 is 2.14 bits per heavy atom. The van der Waals surface area contributed by atoms with E-state index in [-0.39, 0.29) is 6.61 Å². The minimum absolute atomic E-state index is 0.166. The van der Waals surface area contributed by atoms with E-state index < -0.39 is 9.84 Å². The van der Waals surface area contributed by atoms with Gasteiger partial charge in [-0.05, 0) is 32.4 Å². The lowest BCUT2D eigenvalue weighted by molar-refractivity contribution is 0.214. The van der Waals surface area contributed by atoms with E-state index in [1.165, 1.54) is 0 Å². The first-order valence-corrected chi connectivity index (χ1v) is 6.85. The summed E-state index contributed by atoms with van der Waals surface area (Å²) in [6.07, 6.45) is 1.74. The molecule has 1 atom stereocenters. The van der Waals surface area contributed by atoms with Gasteiger partial charge in [0.15, 0.2) is 9.84 Å². The smallest absolute Gasteiger partial charge is 0.150 e. The lowest BCUT2D eigenvalue weighted by Gasteiger charge is -2.16. The van der Waals surface area contributed by atoms with Gasteiger partial charge in [-0.2, -0.15) is 0 Å². The Kier molecular flexibility index (Phi) is 4.34. The Morgan fingerprint density at radius 3 is 2.64 bits per heavy atom. The van der Waals surface area contributed by atoms with Crippen molar-refractivity contribution in [1.29, 1.82) is 0 Å². The summed E-state index contributed by atoms with van der Waals surface area (Å²) in [6, 6.07) is 0. The maximum atomic E-state index is 11.2. The van der Waals surface area contributed by atoms with Crippen molar-refractivity contribution in [2.75, 3.05) is 38.2 Å². The van der Waals surface area contributed by atoms with Gasteiger partial charge < -0.3 is 10.0 Å². The molecule has 0 radical (unpaired) electrons. The molecule has 1 unspecified atom stereocenters. The highest BCUT2D eigenvalue weighted by Gasteiger charge is 2.27. The summed E-state index contributed by atoms with van der Waals surface area (Å²) < 4.78 is 22.3. The molecule has 0 amide bonds. The first-order valence-electron chi connectivity index (χ1n) is 5.03. The van der Waals surface area contributed by atoms with Crippen LogP contribution in [0.3, 0.4) is 0 Å². The molecule has 1 heterocycles. The van der Waals surface area contributed by atoms with Crippen molar-refractivity contribution < 1.29 is 13.5 Å². The van der Waals surface area contributed by atoms with Crippen LogP contribution in [0.4, 0.5) is 0 Å². The van der Waals surface area contributed by atoms with E-state index in [9.17, 15) is 8.42 Å². The van der Waals surface area contributed by atoms with Crippen LogP contribution in [0, 0.1) is 5.92 Å². The molecule has 1 aliphatic heterocycles. The first-order chi connectivity index (χ1) is 6.53. The fraction of sp³-hybridized carbons (Fsp3) is 1.00. The second kappa shape index (κ2) is 5.09. The topological polar surface area (TPSA) is 57.6 Å². The molecule has 14 heavy (non-hydrogen) atoms. The second-order valence-corrected chi connectivity index (χ2v) is 6.31. The first kappa shape index (κ1) is 11.9. The summed E-state index contributed by atoms with van der Waals surface area (Å²) >= 11 is 0. The number of hydrogen-bond donors (Lipinski definition) is 1. The Labute approximate surface area is 85.8 Å². The predicted molar refractivity (Wildman–Crippen MR) is 56.0 cm³/mol. The summed E-state index contributed by atoms with van der Waals surface area (Å²) in [7, 11) is -0.779. The van der Waals surface area contributed by atoms with Crippen molar-refractivity contribution in [3.8, 4) is 0 Å². The average Bonchev–Trinajstić information content (AvgIpc) is 2.43. The highest BCUT2D eigenvalue weighted by Crippen LogP contribution is 2.21. The molecule has 0 aliphatic carbocycles. The van der Waals surface area contributed by atoms with Gasteiger partial charge in [0.2, 0.25) is 0 Å². The van der Waals surface area contributed by atoms with Gasteiger partial charge in [0.25, 0.3) is 0 Å². The van der Waals surface area contributed by atoms with E-state index in [1.807, 2.05) is 11.9 Å². The summed E-state index contributed by atoms with van der Waals surface area (Å²) in [5, 5.41) is 8.67.